The summed E-state index contributed by atoms with van der Waals surface area (Å²) in [5, 5.41) is 10.2. The van der Waals surface area contributed by atoms with E-state index in [1.807, 2.05) is 0 Å². The molecule has 0 radical (unpaired) electrons. The van der Waals surface area contributed by atoms with Crippen LogP contribution in [-0.2, 0) is 6.42 Å². The Morgan fingerprint density at radius 1 is 1.20 bits per heavy atom. The zero-order valence-electron chi connectivity index (χ0n) is 21.5. The van der Waals surface area contributed by atoms with Crippen molar-refractivity contribution in [1.82, 2.24) is 0 Å². The third-order valence-electron chi connectivity index (χ3n) is 3.74. The molecular formula is C21H28O4. The second kappa shape index (κ2) is 9.94. The van der Waals surface area contributed by atoms with Crippen LogP contribution in [0.15, 0.2) is 42.4 Å². The first-order valence-electron chi connectivity index (χ1n) is 11.7. The molecule has 1 atom stereocenters. The molecule has 0 aromatic heterocycles. The van der Waals surface area contributed by atoms with Gasteiger partial charge in [0.05, 0.1) is 29.8 Å². The number of benzene rings is 2. The monoisotopic (exact) mass is 351 g/mol. The summed E-state index contributed by atoms with van der Waals surface area (Å²) in [4.78, 5) is 0. The Bertz CT molecular complexity index is 902. The van der Waals surface area contributed by atoms with Crippen molar-refractivity contribution in [3.8, 4) is 17.2 Å². The fourth-order valence-electron chi connectivity index (χ4n) is 2.41. The van der Waals surface area contributed by atoms with Crippen molar-refractivity contribution < 1.29 is 28.9 Å². The number of ether oxygens (including phenoxy) is 3. The SMILES string of the molecule is [2H]c1c([2H])c(C)c([2H])c(OCC(O)CCCCc2ccc(OC([2H])([2H])[2H])c(OC)c2)c1[2H]. The van der Waals surface area contributed by atoms with E-state index < -0.39 is 13.1 Å². The summed E-state index contributed by atoms with van der Waals surface area (Å²) in [6, 6.07) is 4.16. The predicted octanol–water partition coefficient (Wildman–Crippen LogP) is 4.16. The summed E-state index contributed by atoms with van der Waals surface area (Å²) < 4.78 is 68.5. The summed E-state index contributed by atoms with van der Waals surface area (Å²) in [6.07, 6.45) is 1.79. The molecule has 2 rings (SSSR count). The van der Waals surface area contributed by atoms with Crippen LogP contribution in [0, 0.1) is 6.92 Å². The minimum absolute atomic E-state index is 0.0889. The van der Waals surface area contributed by atoms with E-state index in [-0.39, 0.29) is 47.8 Å². The molecule has 4 heteroatoms. The van der Waals surface area contributed by atoms with Crippen molar-refractivity contribution in [1.29, 1.82) is 0 Å². The molecule has 2 aromatic rings. The lowest BCUT2D eigenvalue weighted by Crippen LogP contribution is -2.17. The molecule has 0 fully saturated rings. The van der Waals surface area contributed by atoms with Crippen molar-refractivity contribution >= 4 is 0 Å². The number of aliphatic hydroxyl groups is 1. The van der Waals surface area contributed by atoms with Gasteiger partial charge in [-0.25, -0.2) is 0 Å². The molecule has 0 heterocycles. The van der Waals surface area contributed by atoms with E-state index in [0.717, 1.165) is 12.0 Å². The molecule has 0 aliphatic carbocycles. The molecule has 136 valence electrons. The van der Waals surface area contributed by atoms with Crippen LogP contribution >= 0.6 is 0 Å². The van der Waals surface area contributed by atoms with Crippen LogP contribution in [0.1, 0.15) is 40.0 Å². The topological polar surface area (TPSA) is 47.9 Å². The van der Waals surface area contributed by atoms with Gasteiger partial charge in [-0.05, 0) is 61.5 Å². The van der Waals surface area contributed by atoms with E-state index in [4.69, 9.17) is 23.8 Å². The zero-order valence-corrected chi connectivity index (χ0v) is 14.5. The number of aliphatic hydroxyl groups excluding tert-OH is 1. The third-order valence-corrected chi connectivity index (χ3v) is 3.74. The Morgan fingerprint density at radius 3 is 2.88 bits per heavy atom. The molecule has 0 bridgehead atoms. The fraction of sp³-hybridized carbons (Fsp3) is 0.429. The maximum atomic E-state index is 10.2. The Hall–Kier alpha value is -2.20. The van der Waals surface area contributed by atoms with Crippen LogP contribution in [0.2, 0.25) is 0 Å². The first-order chi connectivity index (χ1) is 14.9. The van der Waals surface area contributed by atoms with Crippen LogP contribution in [-0.4, -0.2) is 32.0 Å². The molecule has 0 saturated carbocycles. The Morgan fingerprint density at radius 2 is 2.08 bits per heavy atom. The standard InChI is InChI=1S/C21H28O4/c1-16-7-6-10-19(13-16)25-15-18(22)9-5-4-8-17-11-12-20(23-2)21(14-17)24-3/h6-7,10-14,18,22H,4-5,8-9,15H2,1-3H3/i2D3,6D,7D,10D,13D. The van der Waals surface area contributed by atoms with Gasteiger partial charge >= 0.3 is 0 Å². The largest absolute Gasteiger partial charge is 0.493 e. The molecule has 2 aromatic carbocycles. The number of hydrogen-bond donors (Lipinski definition) is 1. The number of unbranched alkanes of at least 4 members (excludes halogenated alkanes) is 1. The van der Waals surface area contributed by atoms with Gasteiger partial charge in [-0.1, -0.05) is 24.6 Å². The Labute approximate surface area is 160 Å². The Balaban J connectivity index is 1.84. The van der Waals surface area contributed by atoms with Crippen molar-refractivity contribution in [2.45, 2.75) is 38.7 Å². The molecule has 0 amide bonds. The van der Waals surface area contributed by atoms with E-state index in [9.17, 15) is 5.11 Å². The number of methoxy groups -OCH3 is 2. The molecule has 1 N–H and O–H groups in total. The van der Waals surface area contributed by atoms with Gasteiger partial charge in [-0.15, -0.1) is 0 Å². The van der Waals surface area contributed by atoms with Crippen LogP contribution in [0.25, 0.3) is 0 Å². The van der Waals surface area contributed by atoms with E-state index >= 15 is 0 Å². The average molecular weight is 351 g/mol. The quantitative estimate of drug-likeness (QED) is 0.653. The molecule has 0 saturated heterocycles. The van der Waals surface area contributed by atoms with E-state index in [1.165, 1.54) is 14.0 Å². The van der Waals surface area contributed by atoms with Crippen molar-refractivity contribution in [3.63, 3.8) is 0 Å². The van der Waals surface area contributed by atoms with Gasteiger partial charge in [0, 0.05) is 0 Å². The molecule has 0 aliphatic heterocycles. The summed E-state index contributed by atoms with van der Waals surface area (Å²) in [6.45, 7) is 1.42. The number of aryl methyl sites for hydroxylation is 1. The Kier molecular flexibility index (Phi) is 4.54. The summed E-state index contributed by atoms with van der Waals surface area (Å²) in [5.74, 6) is 0.400. The smallest absolute Gasteiger partial charge is 0.160 e. The summed E-state index contributed by atoms with van der Waals surface area (Å²) in [7, 11) is -1.12. The molecule has 4 nitrogen and oxygen atoms in total. The minimum atomic E-state index is -2.56. The highest BCUT2D eigenvalue weighted by atomic mass is 16.5. The van der Waals surface area contributed by atoms with Gasteiger partial charge in [-0.3, -0.25) is 0 Å². The van der Waals surface area contributed by atoms with Gasteiger partial charge in [-0.2, -0.15) is 0 Å². The highest BCUT2D eigenvalue weighted by Crippen LogP contribution is 2.28. The average Bonchev–Trinajstić information content (AvgIpc) is 2.73. The maximum Gasteiger partial charge on any atom is 0.160 e. The van der Waals surface area contributed by atoms with Crippen LogP contribution in [0.4, 0.5) is 0 Å². The van der Waals surface area contributed by atoms with E-state index in [0.29, 0.717) is 25.0 Å². The van der Waals surface area contributed by atoms with Crippen LogP contribution < -0.4 is 14.2 Å². The second-order valence-electron chi connectivity index (χ2n) is 5.75. The molecule has 1 unspecified atom stereocenters. The first kappa shape index (κ1) is 11.4. The molecule has 0 spiro atoms. The van der Waals surface area contributed by atoms with Gasteiger partial charge < -0.3 is 19.3 Å². The maximum absolute atomic E-state index is 10.2. The highest BCUT2D eigenvalue weighted by Gasteiger charge is 2.07. The lowest BCUT2D eigenvalue weighted by atomic mass is 10.0. The number of hydrogen-bond acceptors (Lipinski definition) is 4. The second-order valence-corrected chi connectivity index (χ2v) is 5.75. The van der Waals surface area contributed by atoms with E-state index in [2.05, 4.69) is 0 Å². The van der Waals surface area contributed by atoms with Crippen molar-refractivity contribution in [2.75, 3.05) is 20.8 Å². The molecule has 25 heavy (non-hydrogen) atoms. The van der Waals surface area contributed by atoms with Crippen LogP contribution in [0.3, 0.4) is 0 Å². The van der Waals surface area contributed by atoms with E-state index in [1.54, 1.807) is 18.2 Å². The number of rotatable bonds is 10. The minimum Gasteiger partial charge on any atom is -0.493 e. The van der Waals surface area contributed by atoms with Gasteiger partial charge in [0.15, 0.2) is 11.5 Å². The zero-order chi connectivity index (χ0) is 24.1. The highest BCUT2D eigenvalue weighted by molar-refractivity contribution is 5.42. The summed E-state index contributed by atoms with van der Waals surface area (Å²) in [5.41, 5.74) is 1.21. The van der Waals surface area contributed by atoms with Crippen LogP contribution in [0.5, 0.6) is 17.2 Å². The van der Waals surface area contributed by atoms with Gasteiger partial charge in [0.1, 0.15) is 12.4 Å². The van der Waals surface area contributed by atoms with Gasteiger partial charge in [0.25, 0.3) is 0 Å². The summed E-state index contributed by atoms with van der Waals surface area (Å²) >= 11 is 0. The predicted molar refractivity (Wildman–Crippen MR) is 99.8 cm³/mol. The fourth-order valence-corrected chi connectivity index (χ4v) is 2.41. The van der Waals surface area contributed by atoms with Crippen molar-refractivity contribution in [3.05, 3.63) is 53.5 Å². The first-order valence-corrected chi connectivity index (χ1v) is 8.18. The lowest BCUT2D eigenvalue weighted by molar-refractivity contribution is 0.0976. The lowest BCUT2D eigenvalue weighted by Gasteiger charge is -2.13. The normalized spacial score (nSPS) is 16.4. The van der Waals surface area contributed by atoms with Crippen molar-refractivity contribution in [2.24, 2.45) is 0 Å². The third kappa shape index (κ3) is 6.31. The molecular weight excluding hydrogens is 316 g/mol. The molecule has 0 aliphatic rings. The van der Waals surface area contributed by atoms with Gasteiger partial charge in [0.2, 0.25) is 0 Å².